The van der Waals surface area contributed by atoms with E-state index in [-0.39, 0.29) is 5.91 Å². The molecule has 1 N–H and O–H groups in total. The van der Waals surface area contributed by atoms with E-state index in [0.29, 0.717) is 19.5 Å². The Balaban J connectivity index is 1.73. The first-order chi connectivity index (χ1) is 12.7. The van der Waals surface area contributed by atoms with Gasteiger partial charge >= 0.3 is 0 Å². The number of rotatable bonds is 12. The first-order valence-electron chi connectivity index (χ1n) is 9.60. The summed E-state index contributed by atoms with van der Waals surface area (Å²) in [5.41, 5.74) is 2.46. The van der Waals surface area contributed by atoms with Crippen LogP contribution in [0.3, 0.4) is 0 Å². The van der Waals surface area contributed by atoms with E-state index in [0.717, 1.165) is 31.6 Å². The molecule has 0 aliphatic carbocycles. The fraction of sp³-hybridized carbons (Fsp3) is 0.550. The second-order valence-corrected chi connectivity index (χ2v) is 6.58. The van der Waals surface area contributed by atoms with Crippen molar-refractivity contribution < 1.29 is 4.79 Å². The Bertz CT molecular complexity index is 641. The van der Waals surface area contributed by atoms with Gasteiger partial charge in [0, 0.05) is 26.1 Å². The molecule has 6 heteroatoms. The SMILES string of the molecule is CCCCN(CC)Cc1cccc(CNC(=O)CCCn2cncn2)c1. The number of unbranched alkanes of at least 4 members (excludes halogenated alkanes) is 1. The molecule has 142 valence electrons. The molecular weight excluding hydrogens is 326 g/mol. The van der Waals surface area contributed by atoms with E-state index >= 15 is 0 Å². The first kappa shape index (κ1) is 20.1. The van der Waals surface area contributed by atoms with Crippen molar-refractivity contribution in [2.75, 3.05) is 13.1 Å². The van der Waals surface area contributed by atoms with Crippen LogP contribution in [0.15, 0.2) is 36.9 Å². The molecule has 0 aliphatic heterocycles. The predicted octanol–water partition coefficient (Wildman–Crippen LogP) is 3.00. The number of nitrogens with one attached hydrogen (secondary N) is 1. The van der Waals surface area contributed by atoms with Gasteiger partial charge in [0.05, 0.1) is 0 Å². The van der Waals surface area contributed by atoms with Crippen molar-refractivity contribution in [1.29, 1.82) is 0 Å². The van der Waals surface area contributed by atoms with Crippen LogP contribution in [0.5, 0.6) is 0 Å². The third-order valence-electron chi connectivity index (χ3n) is 4.42. The summed E-state index contributed by atoms with van der Waals surface area (Å²) in [5, 5.41) is 7.05. The van der Waals surface area contributed by atoms with Crippen LogP contribution in [-0.4, -0.2) is 38.7 Å². The highest BCUT2D eigenvalue weighted by atomic mass is 16.1. The molecule has 1 aromatic heterocycles. The van der Waals surface area contributed by atoms with E-state index in [4.69, 9.17) is 0 Å². The van der Waals surface area contributed by atoms with Gasteiger partial charge in [-0.15, -0.1) is 0 Å². The largest absolute Gasteiger partial charge is 0.352 e. The summed E-state index contributed by atoms with van der Waals surface area (Å²) in [7, 11) is 0. The highest BCUT2D eigenvalue weighted by Crippen LogP contribution is 2.09. The van der Waals surface area contributed by atoms with Crippen LogP contribution in [0.4, 0.5) is 0 Å². The topological polar surface area (TPSA) is 63.1 Å². The number of hydrogen-bond acceptors (Lipinski definition) is 4. The zero-order chi connectivity index (χ0) is 18.6. The lowest BCUT2D eigenvalue weighted by Crippen LogP contribution is -2.24. The van der Waals surface area contributed by atoms with Crippen LogP contribution in [0.25, 0.3) is 0 Å². The molecular formula is C20H31N5O. The number of amides is 1. The van der Waals surface area contributed by atoms with Crippen molar-refractivity contribution in [3.8, 4) is 0 Å². The van der Waals surface area contributed by atoms with Gasteiger partial charge in [-0.05, 0) is 37.1 Å². The summed E-state index contributed by atoms with van der Waals surface area (Å²) in [5.74, 6) is 0.0775. The Hall–Kier alpha value is -2.21. The lowest BCUT2D eigenvalue weighted by atomic mass is 10.1. The van der Waals surface area contributed by atoms with E-state index in [1.165, 1.54) is 24.7 Å². The molecule has 0 bridgehead atoms. The fourth-order valence-electron chi connectivity index (χ4n) is 2.87. The molecule has 1 amide bonds. The summed E-state index contributed by atoms with van der Waals surface area (Å²) in [6.07, 6.45) is 6.90. The molecule has 0 spiro atoms. The molecule has 0 unspecified atom stereocenters. The molecule has 6 nitrogen and oxygen atoms in total. The van der Waals surface area contributed by atoms with Gasteiger partial charge in [-0.25, -0.2) is 4.98 Å². The van der Waals surface area contributed by atoms with Gasteiger partial charge in [0.25, 0.3) is 0 Å². The standard InChI is InChI=1S/C20H31N5O/c1-3-5-11-24(4-2)15-19-9-6-8-18(13-19)14-22-20(26)10-7-12-25-17-21-16-23-25/h6,8-9,13,16-17H,3-5,7,10-12,14-15H2,1-2H3,(H,22,26). The van der Waals surface area contributed by atoms with Crippen LogP contribution < -0.4 is 5.32 Å². The van der Waals surface area contributed by atoms with Crippen LogP contribution >= 0.6 is 0 Å². The Kier molecular flexibility index (Phi) is 8.83. The Morgan fingerprint density at radius 2 is 2.08 bits per heavy atom. The molecule has 0 fully saturated rings. The van der Waals surface area contributed by atoms with Gasteiger partial charge < -0.3 is 5.32 Å². The van der Waals surface area contributed by atoms with E-state index < -0.39 is 0 Å². The van der Waals surface area contributed by atoms with Gasteiger partial charge in [0.1, 0.15) is 12.7 Å². The maximum atomic E-state index is 12.0. The minimum absolute atomic E-state index is 0.0775. The maximum absolute atomic E-state index is 12.0. The number of hydrogen-bond donors (Lipinski definition) is 1. The third kappa shape index (κ3) is 7.35. The van der Waals surface area contributed by atoms with Gasteiger partial charge in [-0.2, -0.15) is 5.10 Å². The number of carbonyl (C=O) groups excluding carboxylic acids is 1. The lowest BCUT2D eigenvalue weighted by molar-refractivity contribution is -0.121. The quantitative estimate of drug-likeness (QED) is 0.634. The van der Waals surface area contributed by atoms with Crippen molar-refractivity contribution in [3.05, 3.63) is 48.0 Å². The molecule has 1 heterocycles. The predicted molar refractivity (Wildman–Crippen MR) is 103 cm³/mol. The van der Waals surface area contributed by atoms with Crippen molar-refractivity contribution in [1.82, 2.24) is 25.0 Å². The zero-order valence-electron chi connectivity index (χ0n) is 16.0. The van der Waals surface area contributed by atoms with Crippen LogP contribution in [0.1, 0.15) is 50.7 Å². The Labute approximate surface area is 156 Å². The third-order valence-corrected chi connectivity index (χ3v) is 4.42. The van der Waals surface area contributed by atoms with Gasteiger partial charge in [0.15, 0.2) is 0 Å². The van der Waals surface area contributed by atoms with Gasteiger partial charge in [-0.1, -0.05) is 44.5 Å². The summed E-state index contributed by atoms with van der Waals surface area (Å²) in [4.78, 5) is 18.4. The minimum Gasteiger partial charge on any atom is -0.352 e. The molecule has 2 rings (SSSR count). The fourth-order valence-corrected chi connectivity index (χ4v) is 2.87. The molecule has 0 saturated heterocycles. The van der Waals surface area contributed by atoms with Crippen molar-refractivity contribution >= 4 is 5.91 Å². The number of carbonyl (C=O) groups is 1. The van der Waals surface area contributed by atoms with Crippen LogP contribution in [0.2, 0.25) is 0 Å². The summed E-state index contributed by atoms with van der Waals surface area (Å²) in [6, 6.07) is 8.51. The van der Waals surface area contributed by atoms with Crippen molar-refractivity contribution in [2.24, 2.45) is 0 Å². The number of nitrogens with zero attached hydrogens (tertiary/aromatic N) is 4. The molecule has 0 atom stereocenters. The number of aryl methyl sites for hydroxylation is 1. The van der Waals surface area contributed by atoms with Crippen LogP contribution in [0, 0.1) is 0 Å². The summed E-state index contributed by atoms with van der Waals surface area (Å²) < 4.78 is 1.74. The highest BCUT2D eigenvalue weighted by molar-refractivity contribution is 5.75. The average molecular weight is 358 g/mol. The maximum Gasteiger partial charge on any atom is 0.220 e. The number of aromatic nitrogens is 3. The molecule has 0 saturated carbocycles. The van der Waals surface area contributed by atoms with E-state index in [1.54, 1.807) is 11.0 Å². The summed E-state index contributed by atoms with van der Waals surface area (Å²) in [6.45, 7) is 8.90. The second-order valence-electron chi connectivity index (χ2n) is 6.58. The Morgan fingerprint density at radius 3 is 2.81 bits per heavy atom. The highest BCUT2D eigenvalue weighted by Gasteiger charge is 2.05. The smallest absolute Gasteiger partial charge is 0.220 e. The molecule has 2 aromatic rings. The molecule has 1 aromatic carbocycles. The average Bonchev–Trinajstić information content (AvgIpc) is 3.17. The molecule has 0 aliphatic rings. The van der Waals surface area contributed by atoms with Gasteiger partial charge in [-0.3, -0.25) is 14.4 Å². The minimum atomic E-state index is 0.0775. The number of benzene rings is 1. The van der Waals surface area contributed by atoms with E-state index in [9.17, 15) is 4.79 Å². The first-order valence-corrected chi connectivity index (χ1v) is 9.60. The summed E-state index contributed by atoms with van der Waals surface area (Å²) >= 11 is 0. The lowest BCUT2D eigenvalue weighted by Gasteiger charge is -2.20. The normalized spacial score (nSPS) is 11.0. The van der Waals surface area contributed by atoms with E-state index in [1.807, 2.05) is 0 Å². The van der Waals surface area contributed by atoms with Crippen molar-refractivity contribution in [3.63, 3.8) is 0 Å². The van der Waals surface area contributed by atoms with Crippen LogP contribution in [-0.2, 0) is 24.4 Å². The Morgan fingerprint density at radius 1 is 1.23 bits per heavy atom. The van der Waals surface area contributed by atoms with E-state index in [2.05, 4.69) is 58.4 Å². The molecule has 26 heavy (non-hydrogen) atoms. The molecule has 0 radical (unpaired) electrons. The van der Waals surface area contributed by atoms with Gasteiger partial charge in [0.2, 0.25) is 5.91 Å². The monoisotopic (exact) mass is 357 g/mol. The second kappa shape index (κ2) is 11.4. The van der Waals surface area contributed by atoms with Crippen molar-refractivity contribution in [2.45, 2.75) is 59.2 Å². The zero-order valence-corrected chi connectivity index (χ0v) is 16.0.